The molecule has 0 unspecified atom stereocenters. The van der Waals surface area contributed by atoms with Crippen molar-refractivity contribution in [2.24, 2.45) is 0 Å². The van der Waals surface area contributed by atoms with Crippen LogP contribution in [0.4, 0.5) is 11.4 Å². The summed E-state index contributed by atoms with van der Waals surface area (Å²) < 4.78 is 0. The zero-order valence-electron chi connectivity index (χ0n) is 37.1. The van der Waals surface area contributed by atoms with E-state index < -0.39 is 5.41 Å². The van der Waals surface area contributed by atoms with Gasteiger partial charge in [-0.15, -0.1) is 0 Å². The first-order chi connectivity index (χ1) is 32.4. The molecule has 66 heavy (non-hydrogen) atoms. The Labute approximate surface area is 387 Å². The van der Waals surface area contributed by atoms with E-state index in [1.807, 2.05) is 18.2 Å². The second-order valence-corrected chi connectivity index (χ2v) is 17.6. The molecule has 0 radical (unpaired) electrons. The van der Waals surface area contributed by atoms with Gasteiger partial charge in [-0.25, -0.2) is 15.0 Å². The average Bonchev–Trinajstić information content (AvgIpc) is 3.66. The zero-order valence-corrected chi connectivity index (χ0v) is 37.1. The van der Waals surface area contributed by atoms with Gasteiger partial charge in [0.25, 0.3) is 0 Å². The van der Waals surface area contributed by atoms with Gasteiger partial charge in [-0.05, 0) is 62.7 Å². The predicted octanol–water partition coefficient (Wildman–Crippen LogP) is 14.8. The van der Waals surface area contributed by atoms with Crippen LogP contribution in [0.15, 0.2) is 237 Å². The van der Waals surface area contributed by atoms with E-state index in [2.05, 4.69) is 238 Å². The fraction of sp³-hybridized carbons (Fsp3) is 0.0806. The summed E-state index contributed by atoms with van der Waals surface area (Å²) in [5.74, 6) is 1.81. The van der Waals surface area contributed by atoms with Crippen LogP contribution in [-0.2, 0) is 10.8 Å². The lowest BCUT2D eigenvalue weighted by Crippen LogP contribution is -2.31. The molecule has 0 atom stereocenters. The lowest BCUT2D eigenvalue weighted by Gasteiger charge is -2.37. The number of allylic oxidation sites excluding steroid dienone is 4. The average molecular weight is 849 g/mol. The van der Waals surface area contributed by atoms with E-state index >= 15 is 0 Å². The van der Waals surface area contributed by atoms with Crippen LogP contribution >= 0.6 is 0 Å². The molecule has 4 heteroatoms. The van der Waals surface area contributed by atoms with E-state index in [1.54, 1.807) is 0 Å². The summed E-state index contributed by atoms with van der Waals surface area (Å²) >= 11 is 0. The fourth-order valence-corrected chi connectivity index (χ4v) is 10.3. The Kier molecular flexibility index (Phi) is 10.3. The summed E-state index contributed by atoms with van der Waals surface area (Å²) in [6.45, 7) is 9.91. The second kappa shape index (κ2) is 16.7. The number of hydrogen-bond acceptors (Lipinski definition) is 4. The Bertz CT molecular complexity index is 3220. The molecule has 4 nitrogen and oxygen atoms in total. The molecule has 0 amide bonds. The molecule has 0 saturated carbocycles. The second-order valence-electron chi connectivity index (χ2n) is 17.6. The van der Waals surface area contributed by atoms with Gasteiger partial charge in [0.1, 0.15) is 0 Å². The predicted molar refractivity (Wildman–Crippen MR) is 273 cm³/mol. The van der Waals surface area contributed by atoms with E-state index in [1.165, 1.54) is 38.9 Å². The normalized spacial score (nSPS) is 14.8. The molecule has 0 saturated heterocycles. The number of benzene rings is 8. The zero-order chi connectivity index (χ0) is 44.7. The van der Waals surface area contributed by atoms with E-state index in [-0.39, 0.29) is 5.41 Å². The monoisotopic (exact) mass is 848 g/mol. The third-order valence-corrected chi connectivity index (χ3v) is 13.4. The van der Waals surface area contributed by atoms with Crippen molar-refractivity contribution in [2.75, 3.05) is 11.4 Å². The highest BCUT2D eigenvalue weighted by Crippen LogP contribution is 2.55. The maximum atomic E-state index is 5.36. The summed E-state index contributed by atoms with van der Waals surface area (Å²) in [4.78, 5) is 18.3. The minimum Gasteiger partial charge on any atom is -0.337 e. The molecular formula is C62H48N4. The topological polar surface area (TPSA) is 41.9 Å². The minimum absolute atomic E-state index is 0.157. The van der Waals surface area contributed by atoms with Gasteiger partial charge in [0.15, 0.2) is 17.5 Å². The lowest BCUT2D eigenvalue weighted by atomic mass is 9.65. The van der Waals surface area contributed by atoms with E-state index in [4.69, 9.17) is 15.0 Å². The molecule has 0 fully saturated rings. The Morgan fingerprint density at radius 1 is 0.470 bits per heavy atom. The molecule has 0 bridgehead atoms. The molecule has 9 aromatic rings. The van der Waals surface area contributed by atoms with Crippen molar-refractivity contribution >= 4 is 16.9 Å². The largest absolute Gasteiger partial charge is 0.337 e. The Hall–Kier alpha value is -8.21. The van der Waals surface area contributed by atoms with Crippen LogP contribution in [0.1, 0.15) is 52.8 Å². The number of anilines is 2. The molecule has 1 aliphatic heterocycles. The minimum atomic E-state index is -0.626. The standard InChI is InChI=1S/C62H48N4/c1-43-23-9-8-20-40-66(57-52(43)38-39-55-56(57)53-36-18-19-37-54(53)61(55,2)3)51-35-22-27-46(42-51)60-64-58(44-24-10-4-11-25-44)63-59(65-60)45-26-21-34-50(41-45)62(47-28-12-5-13-29-47,48-30-14-6-15-31-48)49-32-16-7-17-33-49/h4-39,41-42H,1,40H2,2-3H3/b20-8-,23-9-. The number of rotatable bonds is 8. The SMILES string of the molecule is C=C1/C=C\C=C/CN(c2cccc(-c3nc(-c4ccccc4)nc(-c4cccc(C(c5ccccc5)(c5ccccc5)c5ccccc5)c4)n3)c2)c2c1ccc1c2-c2ccccc2C1(C)C. The van der Waals surface area contributed by atoms with Gasteiger partial charge in [-0.2, -0.15) is 0 Å². The Balaban J connectivity index is 1.09. The first-order valence-corrected chi connectivity index (χ1v) is 22.7. The molecule has 0 spiro atoms. The summed E-state index contributed by atoms with van der Waals surface area (Å²) in [6.07, 6.45) is 8.54. The highest BCUT2D eigenvalue weighted by Gasteiger charge is 2.40. The van der Waals surface area contributed by atoms with Crippen LogP contribution in [0, 0.1) is 0 Å². The van der Waals surface area contributed by atoms with Crippen LogP contribution in [0.25, 0.3) is 50.9 Å². The van der Waals surface area contributed by atoms with Gasteiger partial charge < -0.3 is 4.90 Å². The van der Waals surface area contributed by atoms with Crippen LogP contribution < -0.4 is 4.90 Å². The maximum Gasteiger partial charge on any atom is 0.164 e. The highest BCUT2D eigenvalue weighted by atomic mass is 15.1. The van der Waals surface area contributed by atoms with Crippen molar-refractivity contribution in [1.82, 2.24) is 15.0 Å². The third kappa shape index (κ3) is 6.90. The summed E-state index contributed by atoms with van der Waals surface area (Å²) in [5.41, 5.74) is 16.0. The van der Waals surface area contributed by atoms with Gasteiger partial charge in [-0.3, -0.25) is 0 Å². The van der Waals surface area contributed by atoms with Gasteiger partial charge in [0.05, 0.1) is 11.1 Å². The number of hydrogen-bond donors (Lipinski definition) is 0. The van der Waals surface area contributed by atoms with E-state index in [9.17, 15) is 0 Å². The smallest absolute Gasteiger partial charge is 0.164 e. The first kappa shape index (κ1) is 40.6. The van der Waals surface area contributed by atoms with Crippen molar-refractivity contribution in [3.05, 3.63) is 276 Å². The molecule has 2 aliphatic rings. The van der Waals surface area contributed by atoms with Gasteiger partial charge in [0.2, 0.25) is 0 Å². The summed E-state index contributed by atoms with van der Waals surface area (Å²) in [7, 11) is 0. The molecular weight excluding hydrogens is 801 g/mol. The van der Waals surface area contributed by atoms with Crippen LogP contribution in [-0.4, -0.2) is 21.5 Å². The van der Waals surface area contributed by atoms with Crippen molar-refractivity contribution in [3.8, 4) is 45.3 Å². The molecule has 2 heterocycles. The number of aromatic nitrogens is 3. The van der Waals surface area contributed by atoms with Crippen molar-refractivity contribution in [2.45, 2.75) is 24.7 Å². The molecule has 1 aliphatic carbocycles. The Morgan fingerprint density at radius 2 is 0.985 bits per heavy atom. The molecule has 1 aromatic heterocycles. The highest BCUT2D eigenvalue weighted by molar-refractivity contribution is 5.99. The molecule has 8 aromatic carbocycles. The van der Waals surface area contributed by atoms with Gasteiger partial charge in [-0.1, -0.05) is 233 Å². The molecule has 0 N–H and O–H groups in total. The Morgan fingerprint density at radius 3 is 1.62 bits per heavy atom. The lowest BCUT2D eigenvalue weighted by molar-refractivity contribution is 0.660. The van der Waals surface area contributed by atoms with E-state index in [0.717, 1.165) is 44.8 Å². The first-order valence-electron chi connectivity index (χ1n) is 22.7. The van der Waals surface area contributed by atoms with Gasteiger partial charge in [0, 0.05) is 45.5 Å². The number of fused-ring (bicyclic) bond motifs is 5. The quantitative estimate of drug-likeness (QED) is 0.143. The third-order valence-electron chi connectivity index (χ3n) is 13.4. The van der Waals surface area contributed by atoms with Crippen molar-refractivity contribution < 1.29 is 0 Å². The van der Waals surface area contributed by atoms with Crippen LogP contribution in [0.5, 0.6) is 0 Å². The summed E-state index contributed by atoms with van der Waals surface area (Å²) in [5, 5.41) is 0. The van der Waals surface area contributed by atoms with Crippen LogP contribution in [0.2, 0.25) is 0 Å². The maximum absolute atomic E-state index is 5.36. The fourth-order valence-electron chi connectivity index (χ4n) is 10.3. The number of nitrogens with zero attached hydrogens (tertiary/aromatic N) is 4. The molecule has 316 valence electrons. The van der Waals surface area contributed by atoms with Gasteiger partial charge >= 0.3 is 0 Å². The van der Waals surface area contributed by atoms with Crippen molar-refractivity contribution in [3.63, 3.8) is 0 Å². The van der Waals surface area contributed by atoms with Crippen LogP contribution in [0.3, 0.4) is 0 Å². The van der Waals surface area contributed by atoms with E-state index in [0.29, 0.717) is 24.0 Å². The molecule has 11 rings (SSSR count). The summed E-state index contributed by atoms with van der Waals surface area (Å²) in [6, 6.07) is 73.5. The van der Waals surface area contributed by atoms with Crippen molar-refractivity contribution in [1.29, 1.82) is 0 Å².